The van der Waals surface area contributed by atoms with Gasteiger partial charge in [0.15, 0.2) is 0 Å². The van der Waals surface area contributed by atoms with Crippen molar-refractivity contribution < 1.29 is 9.90 Å². The van der Waals surface area contributed by atoms with E-state index in [1.54, 1.807) is 16.2 Å². The van der Waals surface area contributed by atoms with Crippen molar-refractivity contribution in [1.82, 2.24) is 4.90 Å². The van der Waals surface area contributed by atoms with Gasteiger partial charge in [0.1, 0.15) is 5.60 Å². The van der Waals surface area contributed by atoms with Gasteiger partial charge in [-0.15, -0.1) is 11.3 Å². The maximum atomic E-state index is 12.8. The van der Waals surface area contributed by atoms with Gasteiger partial charge in [0, 0.05) is 16.8 Å². The highest BCUT2D eigenvalue weighted by atomic mass is 32.1. The number of hydrogen-bond acceptors (Lipinski definition) is 3. The Morgan fingerprint density at radius 2 is 2.04 bits per heavy atom. The van der Waals surface area contributed by atoms with E-state index in [9.17, 15) is 9.90 Å². The molecule has 4 rings (SSSR count). The van der Waals surface area contributed by atoms with Gasteiger partial charge in [0.2, 0.25) is 0 Å². The van der Waals surface area contributed by atoms with Crippen LogP contribution in [0.1, 0.15) is 27.9 Å². The molecule has 3 aromatic rings. The molecule has 1 fully saturated rings. The lowest BCUT2D eigenvalue weighted by Gasteiger charge is -2.25. The second kappa shape index (κ2) is 5.72. The maximum absolute atomic E-state index is 12.8. The third kappa shape index (κ3) is 2.52. The smallest absolute Gasteiger partial charge is 0.253 e. The molecule has 1 amide bonds. The van der Waals surface area contributed by atoms with Crippen molar-refractivity contribution in [1.29, 1.82) is 0 Å². The molecule has 122 valence electrons. The van der Waals surface area contributed by atoms with Crippen LogP contribution in [-0.4, -0.2) is 29.0 Å². The van der Waals surface area contributed by atoms with Crippen molar-refractivity contribution in [2.24, 2.45) is 0 Å². The first-order valence-corrected chi connectivity index (χ1v) is 9.00. The second-order valence-corrected chi connectivity index (χ2v) is 7.44. The number of aliphatic hydroxyl groups is 1. The van der Waals surface area contributed by atoms with Crippen LogP contribution >= 0.6 is 11.3 Å². The van der Waals surface area contributed by atoms with E-state index in [1.807, 2.05) is 60.8 Å². The van der Waals surface area contributed by atoms with Gasteiger partial charge in [-0.25, -0.2) is 0 Å². The Balaban J connectivity index is 1.60. The topological polar surface area (TPSA) is 40.5 Å². The highest BCUT2D eigenvalue weighted by Crippen LogP contribution is 2.34. The highest BCUT2D eigenvalue weighted by molar-refractivity contribution is 7.17. The molecule has 1 atom stereocenters. The Kier molecular flexibility index (Phi) is 3.66. The molecule has 0 saturated carbocycles. The van der Waals surface area contributed by atoms with E-state index in [2.05, 4.69) is 0 Å². The quantitative estimate of drug-likeness (QED) is 0.769. The van der Waals surface area contributed by atoms with Gasteiger partial charge < -0.3 is 10.0 Å². The lowest BCUT2D eigenvalue weighted by molar-refractivity contribution is 0.0412. The minimum atomic E-state index is -0.951. The Labute approximate surface area is 145 Å². The van der Waals surface area contributed by atoms with Crippen molar-refractivity contribution in [3.05, 3.63) is 70.6 Å². The van der Waals surface area contributed by atoms with Crippen LogP contribution in [-0.2, 0) is 5.60 Å². The molecule has 1 aliphatic rings. The number of carbonyl (C=O) groups excluding carboxylic acids is 1. The number of β-amino-alcohol motifs (C(OH)–C–C–N with tert-alkyl or cyclic N) is 1. The molecule has 24 heavy (non-hydrogen) atoms. The SMILES string of the molecule is Cc1ccccc1C1(O)CCN(C(=O)c2ccc3sccc3c2)C1. The number of rotatable bonds is 2. The normalized spacial score (nSPS) is 20.7. The fourth-order valence-electron chi connectivity index (χ4n) is 3.56. The summed E-state index contributed by atoms with van der Waals surface area (Å²) in [5.41, 5.74) is 1.73. The van der Waals surface area contributed by atoms with E-state index in [1.165, 1.54) is 4.70 Å². The van der Waals surface area contributed by atoms with Gasteiger partial charge in [0.05, 0.1) is 6.54 Å². The fourth-order valence-corrected chi connectivity index (χ4v) is 4.34. The molecule has 0 bridgehead atoms. The third-order valence-corrected chi connectivity index (χ3v) is 5.78. The Morgan fingerprint density at radius 3 is 2.88 bits per heavy atom. The number of nitrogens with zero attached hydrogens (tertiary/aromatic N) is 1. The summed E-state index contributed by atoms with van der Waals surface area (Å²) in [7, 11) is 0. The lowest BCUT2D eigenvalue weighted by Crippen LogP contribution is -2.34. The Hall–Kier alpha value is -2.17. The van der Waals surface area contributed by atoms with Crippen LogP contribution in [0, 0.1) is 6.92 Å². The van der Waals surface area contributed by atoms with Gasteiger partial charge in [-0.1, -0.05) is 24.3 Å². The summed E-state index contributed by atoms with van der Waals surface area (Å²) < 4.78 is 1.18. The molecule has 3 nitrogen and oxygen atoms in total. The number of likely N-dealkylation sites (tertiary alicyclic amines) is 1. The van der Waals surface area contributed by atoms with Crippen LogP contribution in [0.25, 0.3) is 10.1 Å². The molecule has 1 unspecified atom stereocenters. The molecule has 1 aromatic heterocycles. The largest absolute Gasteiger partial charge is 0.383 e. The molecular formula is C20H19NO2S. The molecule has 4 heteroatoms. The molecule has 0 spiro atoms. The summed E-state index contributed by atoms with van der Waals surface area (Å²) in [6, 6.07) is 15.7. The third-order valence-electron chi connectivity index (χ3n) is 4.88. The molecule has 0 radical (unpaired) electrons. The van der Waals surface area contributed by atoms with Crippen molar-refractivity contribution in [3.8, 4) is 0 Å². The average Bonchev–Trinajstić information content (AvgIpc) is 3.21. The highest BCUT2D eigenvalue weighted by Gasteiger charge is 2.40. The summed E-state index contributed by atoms with van der Waals surface area (Å²) in [6.45, 7) is 2.92. The number of carbonyl (C=O) groups is 1. The van der Waals surface area contributed by atoms with E-state index in [-0.39, 0.29) is 5.91 Å². The van der Waals surface area contributed by atoms with Crippen molar-refractivity contribution >= 4 is 27.3 Å². The van der Waals surface area contributed by atoms with Gasteiger partial charge in [-0.3, -0.25) is 4.79 Å². The zero-order valence-electron chi connectivity index (χ0n) is 13.5. The molecule has 1 N–H and O–H groups in total. The van der Waals surface area contributed by atoms with Crippen molar-refractivity contribution in [2.45, 2.75) is 18.9 Å². The zero-order valence-corrected chi connectivity index (χ0v) is 14.3. The van der Waals surface area contributed by atoms with Gasteiger partial charge in [0.25, 0.3) is 5.91 Å². The van der Waals surface area contributed by atoms with Crippen LogP contribution < -0.4 is 0 Å². The van der Waals surface area contributed by atoms with Crippen molar-refractivity contribution in [2.75, 3.05) is 13.1 Å². The fraction of sp³-hybridized carbons (Fsp3) is 0.250. The molecule has 1 saturated heterocycles. The summed E-state index contributed by atoms with van der Waals surface area (Å²) >= 11 is 1.67. The number of benzene rings is 2. The van der Waals surface area contributed by atoms with Gasteiger partial charge >= 0.3 is 0 Å². The molecule has 1 aliphatic heterocycles. The first-order chi connectivity index (χ1) is 11.6. The first-order valence-electron chi connectivity index (χ1n) is 8.12. The van der Waals surface area contributed by atoms with Crippen LogP contribution in [0.5, 0.6) is 0 Å². The van der Waals surface area contributed by atoms with Crippen molar-refractivity contribution in [3.63, 3.8) is 0 Å². The van der Waals surface area contributed by atoms with Crippen LogP contribution in [0.3, 0.4) is 0 Å². The predicted molar refractivity (Wildman–Crippen MR) is 97.4 cm³/mol. The summed E-state index contributed by atoms with van der Waals surface area (Å²) in [4.78, 5) is 14.6. The molecular weight excluding hydrogens is 318 g/mol. The van der Waals surface area contributed by atoms with Crippen LogP contribution in [0.4, 0.5) is 0 Å². The maximum Gasteiger partial charge on any atom is 0.253 e. The zero-order chi connectivity index (χ0) is 16.7. The number of fused-ring (bicyclic) bond motifs is 1. The van der Waals surface area contributed by atoms with Gasteiger partial charge in [-0.2, -0.15) is 0 Å². The second-order valence-electron chi connectivity index (χ2n) is 6.50. The predicted octanol–water partition coefficient (Wildman–Crippen LogP) is 3.94. The summed E-state index contributed by atoms with van der Waals surface area (Å²) in [5, 5.41) is 14.2. The monoisotopic (exact) mass is 337 g/mol. The number of amides is 1. The standard InChI is InChI=1S/C20H19NO2S/c1-14-4-2-3-5-17(14)20(23)9-10-21(13-20)19(22)16-6-7-18-15(12-16)8-11-24-18/h2-8,11-12,23H,9-10,13H2,1H3. The van der Waals surface area contributed by atoms with Crippen LogP contribution in [0.15, 0.2) is 53.9 Å². The van der Waals surface area contributed by atoms with E-state index in [0.717, 1.165) is 16.5 Å². The molecule has 2 aromatic carbocycles. The summed E-state index contributed by atoms with van der Waals surface area (Å²) in [6.07, 6.45) is 0.574. The van der Waals surface area contributed by atoms with Gasteiger partial charge in [-0.05, 0) is 59.5 Å². The summed E-state index contributed by atoms with van der Waals surface area (Å²) in [5.74, 6) is -0.00684. The Bertz CT molecular complexity index is 917. The first kappa shape index (κ1) is 15.4. The lowest BCUT2D eigenvalue weighted by atomic mass is 9.89. The number of hydrogen-bond donors (Lipinski definition) is 1. The number of thiophene rings is 1. The van der Waals surface area contributed by atoms with E-state index in [0.29, 0.717) is 25.1 Å². The van der Waals surface area contributed by atoms with Crippen LogP contribution in [0.2, 0.25) is 0 Å². The minimum Gasteiger partial charge on any atom is -0.383 e. The minimum absolute atomic E-state index is 0.00684. The Morgan fingerprint density at radius 1 is 1.21 bits per heavy atom. The van der Waals surface area contributed by atoms with E-state index < -0.39 is 5.60 Å². The molecule has 2 heterocycles. The number of aryl methyl sites for hydroxylation is 1. The average molecular weight is 337 g/mol. The van der Waals surface area contributed by atoms with E-state index >= 15 is 0 Å². The van der Waals surface area contributed by atoms with E-state index in [4.69, 9.17) is 0 Å². The molecule has 0 aliphatic carbocycles.